The van der Waals surface area contributed by atoms with Crippen molar-refractivity contribution in [2.75, 3.05) is 7.11 Å². The molecule has 5 aromatic carbocycles. The molecule has 0 unspecified atom stereocenters. The largest absolute Gasteiger partial charge is 2.00 e. The van der Waals surface area contributed by atoms with E-state index in [9.17, 15) is 0 Å². The zero-order valence-electron chi connectivity index (χ0n) is 85.0. The van der Waals surface area contributed by atoms with E-state index in [1.54, 1.807) is 7.11 Å². The van der Waals surface area contributed by atoms with Crippen molar-refractivity contribution in [2.24, 2.45) is 0 Å². The Bertz CT molecular complexity index is 6630. The van der Waals surface area contributed by atoms with Crippen molar-refractivity contribution in [3.8, 4) is 50.3 Å². The first-order chi connectivity index (χ1) is 61.5. The molecule has 0 amide bonds. The van der Waals surface area contributed by atoms with Gasteiger partial charge in [-0.1, -0.05) is 317 Å². The molecule has 13 aromatic rings. The number of rotatable bonds is 7. The number of hydrogen-bond acceptors (Lipinski definition) is 5. The van der Waals surface area contributed by atoms with E-state index in [4.69, 9.17) is 34.6 Å². The molecule has 13 heteroatoms. The second-order valence-corrected chi connectivity index (χ2v) is 47.4. The average Bonchev–Trinajstić information content (AvgIpc) is 1.66. The number of methoxy groups -OCH3 is 1. The molecule has 0 spiro atoms. The van der Waals surface area contributed by atoms with Crippen molar-refractivity contribution in [1.82, 2.24) is 49.8 Å². The predicted molar refractivity (Wildman–Crippen MR) is 569 cm³/mol. The summed E-state index contributed by atoms with van der Waals surface area (Å²) in [6.07, 6.45) is 21.8. The summed E-state index contributed by atoms with van der Waals surface area (Å²) in [4.78, 5) is 45.3. The molecule has 0 fully saturated rings. The van der Waals surface area contributed by atoms with Crippen LogP contribution < -0.4 is 14.7 Å². The third kappa shape index (κ3) is 23.6. The number of aromatic nitrogens is 10. The Morgan fingerprint density at radius 2 is 0.579 bits per heavy atom. The first-order valence-electron chi connectivity index (χ1n) is 46.9. The smallest absolute Gasteiger partial charge is 0.657 e. The monoisotopic (exact) mass is 1880 g/mol. The molecule has 0 atom stereocenters. The molecule has 11 nitrogen and oxygen atoms in total. The number of benzene rings is 5. The van der Waals surface area contributed by atoms with Crippen molar-refractivity contribution in [3.05, 3.63) is 311 Å². The number of nitrogens with one attached hydrogen (secondary N) is 4. The van der Waals surface area contributed by atoms with E-state index in [2.05, 4.69) is 462 Å². The van der Waals surface area contributed by atoms with Gasteiger partial charge in [-0.2, -0.15) is 0 Å². The fourth-order valence-corrected chi connectivity index (χ4v) is 17.0. The normalized spacial score (nSPS) is 13.1. The third-order valence-corrected chi connectivity index (χ3v) is 26.0. The van der Waals surface area contributed by atoms with Gasteiger partial charge in [0.25, 0.3) is 0 Å². The Labute approximate surface area is 813 Å². The predicted octanol–water partition coefficient (Wildman–Crippen LogP) is 32.6. The Morgan fingerprint density at radius 1 is 0.286 bits per heavy atom. The van der Waals surface area contributed by atoms with Crippen molar-refractivity contribution in [2.45, 2.75) is 268 Å². The molecule has 684 valence electrons. The number of ether oxygens (including phenoxy) is 1. The van der Waals surface area contributed by atoms with E-state index < -0.39 is 0 Å². The average molecular weight is 1880 g/mol. The maximum Gasteiger partial charge on any atom is 2.00 e. The molecule has 16 bridgehead atoms. The van der Waals surface area contributed by atoms with E-state index in [-0.39, 0.29) is 73.6 Å². The topological polar surface area (TPSA) is 152 Å². The minimum absolute atomic E-state index is 0. The Morgan fingerprint density at radius 3 is 0.925 bits per heavy atom. The Balaban J connectivity index is 0.000000175. The summed E-state index contributed by atoms with van der Waals surface area (Å²) >= 11 is 3.94. The second-order valence-electron chi connectivity index (χ2n) is 46.6. The Hall–Kier alpha value is -11.2. The molecule has 4 aliphatic heterocycles. The minimum Gasteiger partial charge on any atom is -0.657 e. The second kappa shape index (κ2) is 37.6. The van der Waals surface area contributed by atoms with E-state index in [0.717, 1.165) is 145 Å². The van der Waals surface area contributed by atoms with Crippen LogP contribution in [0.5, 0.6) is 5.75 Å². The molecule has 0 saturated carbocycles. The fourth-order valence-electron chi connectivity index (χ4n) is 16.6. The third-order valence-electron chi connectivity index (χ3n) is 25.2. The number of aromatic amines is 4. The van der Waals surface area contributed by atoms with E-state index in [0.29, 0.717) is 0 Å². The molecule has 0 saturated heterocycles. The van der Waals surface area contributed by atoms with Crippen LogP contribution in [0.15, 0.2) is 199 Å². The first-order valence-corrected chi connectivity index (χ1v) is 47.7. The molecule has 4 aliphatic rings. The van der Waals surface area contributed by atoms with Crippen LogP contribution in [-0.2, 0) is 80.0 Å². The number of H-pyrrole nitrogens is 4. The van der Waals surface area contributed by atoms with Crippen LogP contribution in [-0.4, -0.2) is 47.0 Å². The Kier molecular flexibility index (Phi) is 28.0. The number of nitrogens with zero attached hydrogens (tertiary/aromatic N) is 6. The van der Waals surface area contributed by atoms with Crippen molar-refractivity contribution >= 4 is 109 Å². The molecule has 12 heterocycles. The fraction of sp³-hybridized carbons (Fsp3) is 0.350. The van der Waals surface area contributed by atoms with Crippen LogP contribution in [0.2, 0.25) is 0 Å². The van der Waals surface area contributed by atoms with Crippen molar-refractivity contribution < 1.29 is 24.2 Å². The summed E-state index contributed by atoms with van der Waals surface area (Å²) in [5, 5.41) is 0. The van der Waals surface area contributed by atoms with Gasteiger partial charge in [-0.25, -0.2) is 19.9 Å². The first kappa shape index (κ1) is 99.2. The zero-order valence-corrected chi connectivity index (χ0v) is 89.5. The molecule has 17 rings (SSSR count). The van der Waals surface area contributed by atoms with Gasteiger partial charge in [-0.15, -0.1) is 22.1 Å². The number of halogens is 1. The summed E-state index contributed by atoms with van der Waals surface area (Å²) in [7, 11) is 1.73. The van der Waals surface area contributed by atoms with Crippen LogP contribution >= 0.6 is 15.9 Å². The van der Waals surface area contributed by atoms with Crippen LogP contribution in [0, 0.1) is 0 Å². The summed E-state index contributed by atoms with van der Waals surface area (Å²) in [6.45, 7) is 68.1. The van der Waals surface area contributed by atoms with Gasteiger partial charge < -0.3 is 34.6 Å². The van der Waals surface area contributed by atoms with E-state index in [1.165, 1.54) is 72.6 Å². The van der Waals surface area contributed by atoms with Gasteiger partial charge in [-0.05, 0) is 280 Å². The molecule has 133 heavy (non-hydrogen) atoms. The molecule has 4 N–H and O–H groups in total. The molecular weight excluding hydrogens is 1740 g/mol. The van der Waals surface area contributed by atoms with Gasteiger partial charge in [0, 0.05) is 67.9 Å². The van der Waals surface area contributed by atoms with Crippen LogP contribution in [0.4, 0.5) is 0 Å². The minimum atomic E-state index is -0.0325. The number of fused-ring (bicyclic) bond motifs is 16. The van der Waals surface area contributed by atoms with Gasteiger partial charge in [0.15, 0.2) is 0 Å². The summed E-state index contributed by atoms with van der Waals surface area (Å²) in [6, 6.07) is 66.4. The molecule has 0 aliphatic carbocycles. The van der Waals surface area contributed by atoms with Gasteiger partial charge in [-0.3, -0.25) is 0 Å². The molecular formula is C120H139BrN10OZn. The van der Waals surface area contributed by atoms with Gasteiger partial charge in [0.1, 0.15) is 5.75 Å². The zero-order chi connectivity index (χ0) is 95.7. The quantitative estimate of drug-likeness (QED) is 0.116. The van der Waals surface area contributed by atoms with Gasteiger partial charge in [0.2, 0.25) is 0 Å². The van der Waals surface area contributed by atoms with Gasteiger partial charge >= 0.3 is 19.5 Å². The standard InChI is InChI=1S/C48H51BrN4.C48H54N4.C15H24O.C9H10N2.Zn/c1-45(2,3)30-21-28(22-31(25-30)46(4,5)6)42-36-15-13-34(50-36)27-35-14-16-37(51-35)43(29-23-32(47(7,8)9)26-33(24-29)48(10,11)12)39-18-20-41(53-39)44(49)40-19-17-38(42)52-40;1-45(2,3)31-21-29(22-32(25-31)46(4,5)6)43-39-17-13-35(49-39)27-37-15-19-41(51-37)44(42-20-16-38(52-42)28-36-14-18-40(43)50-36)30-23-33(47(7,8)9)26-34(24-30)48(10,11)12;1-14(2,3)11-8-12(15(4,5)6)10-13(9-11)16-7;1-3-8(10-5-1)7-9-4-2-6-11-9;/h13-27H,1-12H3;13-28,49-50H,1-12H3;8-10H,1-7H3;1-6,10-11H,7H2;/q-2;;;;+2. The maximum absolute atomic E-state index is 5.39. The van der Waals surface area contributed by atoms with Crippen LogP contribution in [0.25, 0.3) is 137 Å². The summed E-state index contributed by atoms with van der Waals surface area (Å²) in [5.41, 5.74) is 39.1. The molecule has 8 aromatic heterocycles. The van der Waals surface area contributed by atoms with Crippen molar-refractivity contribution in [1.29, 1.82) is 0 Å². The SMILES string of the molecule is CC(C)(C)c1cc(-c2c3nc(c(Br)c4ccc([n-]4)c(-c4cc(C(C)(C)C)cc(C(C)(C)C)c4)c4nc(cc5ccc2[n-]5)C=C4)C=C3)cc(C(C)(C)C)c1.CC(C)(C)c1cc(-c2c3nc(cc4ccc([nH]4)c(-c4cc(C(C)(C)C)cc(C(C)(C)C)c4)c4ccc(cc5nc2C=C5)[nH]4)C=C3)cc(C(C)(C)C)c1.COc1cc(C(C)(C)C)cc(C(C)(C)C)c1.[Zn+2].c1c[nH]c(Cc2ccc[nH]2)c1. The van der Waals surface area contributed by atoms with Crippen molar-refractivity contribution in [3.63, 3.8) is 0 Å². The van der Waals surface area contributed by atoms with E-state index >= 15 is 0 Å². The molecule has 0 radical (unpaired) electrons. The summed E-state index contributed by atoms with van der Waals surface area (Å²) in [5.74, 6) is 0.956. The van der Waals surface area contributed by atoms with E-state index in [1.807, 2.05) is 24.5 Å². The summed E-state index contributed by atoms with van der Waals surface area (Å²) < 4.78 is 6.23. The van der Waals surface area contributed by atoms with Crippen LogP contribution in [0.1, 0.15) is 320 Å². The maximum atomic E-state index is 5.39. The van der Waals surface area contributed by atoms with Gasteiger partial charge in [0.05, 0.1) is 52.7 Å². The van der Waals surface area contributed by atoms with Crippen LogP contribution in [0.3, 0.4) is 0 Å². The number of hydrogen-bond donors (Lipinski definition) is 4.